The molecule has 8 heterocycles. The number of hydrogen-bond acceptors (Lipinski definition) is 10. The highest BCUT2D eigenvalue weighted by Crippen LogP contribution is 2.62. The second kappa shape index (κ2) is 20.8. The Morgan fingerprint density at radius 2 is 0.429 bits per heavy atom. The van der Waals surface area contributed by atoms with Crippen LogP contribution in [0.15, 0.2) is 189 Å². The Labute approximate surface area is 518 Å². The van der Waals surface area contributed by atoms with E-state index in [-0.39, 0.29) is 0 Å². The van der Waals surface area contributed by atoms with Crippen LogP contribution in [0.2, 0.25) is 0 Å². The van der Waals surface area contributed by atoms with E-state index in [0.29, 0.717) is 13.2 Å². The van der Waals surface area contributed by atoms with Crippen molar-refractivity contribution in [3.63, 3.8) is 0 Å². The van der Waals surface area contributed by atoms with Crippen molar-refractivity contribution >= 4 is 177 Å². The zero-order chi connectivity index (χ0) is 55.6. The van der Waals surface area contributed by atoms with Crippen LogP contribution in [-0.4, -0.2) is 13.2 Å². The Kier molecular flexibility index (Phi) is 12.7. The minimum atomic E-state index is 0.584. The van der Waals surface area contributed by atoms with Crippen molar-refractivity contribution in [2.45, 2.75) is 39.5 Å². The van der Waals surface area contributed by atoms with Crippen molar-refractivity contribution in [1.29, 1.82) is 0 Å². The van der Waals surface area contributed by atoms with E-state index in [2.05, 4.69) is 202 Å². The van der Waals surface area contributed by atoms with E-state index in [1.807, 2.05) is 90.7 Å². The third-order valence-corrected chi connectivity index (χ3v) is 24.2. The first-order chi connectivity index (χ1) is 41.6. The minimum absolute atomic E-state index is 0.584. The van der Waals surface area contributed by atoms with E-state index in [9.17, 15) is 0 Å². The van der Waals surface area contributed by atoms with Gasteiger partial charge in [0.25, 0.3) is 0 Å². The maximum Gasteiger partial charge on any atom is 0.136 e. The number of ether oxygens (including phenoxy) is 2. The van der Waals surface area contributed by atoms with Crippen LogP contribution in [0.5, 0.6) is 11.5 Å². The molecule has 0 N–H and O–H groups in total. The molecule has 0 atom stereocenters. The predicted octanol–water partition coefficient (Wildman–Crippen LogP) is 26.0. The van der Waals surface area contributed by atoms with E-state index in [0.717, 1.165) is 58.7 Å². The molecular weight excluding hydrogens is 1180 g/mol. The van der Waals surface area contributed by atoms with Crippen LogP contribution in [0.3, 0.4) is 0 Å². The average Bonchev–Trinajstić information content (AvgIpc) is 0.817. The molecule has 0 aliphatic carbocycles. The van der Waals surface area contributed by atoms with E-state index >= 15 is 0 Å². The van der Waals surface area contributed by atoms with E-state index in [1.165, 1.54) is 148 Å². The van der Waals surface area contributed by atoms with Crippen LogP contribution in [0.4, 0.5) is 0 Å². The van der Waals surface area contributed by atoms with E-state index in [1.54, 1.807) is 0 Å². The fourth-order valence-corrected chi connectivity index (χ4v) is 19.4. The van der Waals surface area contributed by atoms with Crippen LogP contribution in [0, 0.1) is 0 Å². The van der Waals surface area contributed by atoms with Crippen molar-refractivity contribution in [2.75, 3.05) is 13.2 Å². The maximum atomic E-state index is 7.82. The number of hydrogen-bond donors (Lipinski definition) is 0. The Balaban J connectivity index is 1.16. The quantitative estimate of drug-likeness (QED) is 0.0709. The summed E-state index contributed by atoms with van der Waals surface area (Å²) in [5.41, 5.74) is 10.0. The fraction of sp³-hybridized carbons (Fsp3) is 0.108. The highest BCUT2D eigenvalue weighted by atomic mass is 32.1. The molecule has 0 spiro atoms. The molecule has 2 nitrogen and oxygen atoms in total. The van der Waals surface area contributed by atoms with Gasteiger partial charge in [-0.1, -0.05) is 75.2 Å². The lowest BCUT2D eigenvalue weighted by Crippen LogP contribution is -2.06. The van der Waals surface area contributed by atoms with Gasteiger partial charge < -0.3 is 9.47 Å². The van der Waals surface area contributed by atoms with Crippen LogP contribution in [0.25, 0.3) is 170 Å². The summed E-state index contributed by atoms with van der Waals surface area (Å²) >= 11 is 14.5. The molecule has 19 rings (SSSR count). The van der Waals surface area contributed by atoms with Gasteiger partial charge in [-0.2, -0.15) is 0 Å². The Morgan fingerprint density at radius 3 is 0.571 bits per heavy atom. The molecule has 0 fully saturated rings. The number of unbranched alkanes of at least 4 members (excludes halogenated alkanes) is 2. The SMILES string of the molecule is CCCCOc1c2c(c(OCCCC)c3c1c1c4cc(-c5cccs5)c(-c5cccs5)cc4c3c3cc(-c4cccs4)c(-c4cccs4)cc31)c1c3cc(-c4cccs4)c(-c4cccs4)cc3c2c2cc(-c3cccs3)c(-c3cccs3)cc21. The topological polar surface area (TPSA) is 18.5 Å². The highest BCUT2D eigenvalue weighted by Gasteiger charge is 2.34. The summed E-state index contributed by atoms with van der Waals surface area (Å²) in [5, 5.41) is 37.2. The molecule has 10 heteroatoms. The predicted molar refractivity (Wildman–Crippen MR) is 376 cm³/mol. The van der Waals surface area contributed by atoms with Crippen molar-refractivity contribution < 1.29 is 9.47 Å². The molecule has 0 aliphatic rings. The molecule has 4 bridgehead atoms. The van der Waals surface area contributed by atoms with Gasteiger partial charge in [0.1, 0.15) is 11.5 Å². The Hall–Kier alpha value is -7.22. The summed E-state index contributed by atoms with van der Waals surface area (Å²) in [6.45, 7) is 5.72. The van der Waals surface area contributed by atoms with Crippen LogP contribution in [0.1, 0.15) is 39.5 Å². The zero-order valence-electron chi connectivity index (χ0n) is 45.8. The molecule has 0 saturated carbocycles. The molecule has 0 unspecified atom stereocenters. The monoisotopic (exact) mass is 1230 g/mol. The zero-order valence-corrected chi connectivity index (χ0v) is 52.3. The number of rotatable bonds is 16. The summed E-state index contributed by atoms with van der Waals surface area (Å²) in [6, 6.07) is 56.3. The molecule has 11 aromatic carbocycles. The molecule has 8 aromatic heterocycles. The van der Waals surface area contributed by atoms with Gasteiger partial charge in [-0.15, -0.1) is 90.7 Å². The van der Waals surface area contributed by atoms with Gasteiger partial charge in [-0.25, -0.2) is 0 Å². The lowest BCUT2D eigenvalue weighted by molar-refractivity contribution is 0.312. The second-order valence-electron chi connectivity index (χ2n) is 21.7. The molecule has 0 saturated heterocycles. The largest absolute Gasteiger partial charge is 0.492 e. The van der Waals surface area contributed by atoms with Gasteiger partial charge in [0.05, 0.1) is 13.2 Å². The summed E-state index contributed by atoms with van der Waals surface area (Å²) in [6.07, 6.45) is 3.88. The Morgan fingerprint density at radius 1 is 0.250 bits per heavy atom. The first kappa shape index (κ1) is 51.2. The van der Waals surface area contributed by atoms with Gasteiger partial charge in [-0.05, 0) is 196 Å². The molecule has 0 aliphatic heterocycles. The summed E-state index contributed by atoms with van der Waals surface area (Å²) < 4.78 is 15.6. The second-order valence-corrected chi connectivity index (χ2v) is 29.2. The normalized spacial score (nSPS) is 12.2. The maximum absolute atomic E-state index is 7.82. The van der Waals surface area contributed by atoms with Gasteiger partial charge in [-0.3, -0.25) is 0 Å². The number of benzene rings is 11. The van der Waals surface area contributed by atoms with Crippen molar-refractivity contribution in [3.05, 3.63) is 189 Å². The lowest BCUT2D eigenvalue weighted by atomic mass is 9.78. The smallest absolute Gasteiger partial charge is 0.136 e. The standard InChI is InChI=1S/C74H50O2S8/c1-3-5-23-75-73-69-65-49-33-41(57-15-7-25-77-57)45(61-19-11-29-81-61)37-53(49)67(54-38-46(62-20-12-30-82-62)42(34-50(54)65)58-16-8-26-78-58)71(69)74(76-24-6-4-2)72-68-55-39-47(63-21-13-31-83-63)43(59-17-9-27-79-59)35-51(55)66(70(72)73)52-36-44(60-18-10-28-80-60)48(40-56(52)68)64-22-14-32-84-64/h7-22,25-40H,3-6,23-24H2,1-2H3. The number of thiophene rings is 8. The van der Waals surface area contributed by atoms with Crippen molar-refractivity contribution in [1.82, 2.24) is 0 Å². The fourth-order valence-electron chi connectivity index (χ4n) is 13.4. The highest BCUT2D eigenvalue weighted by molar-refractivity contribution is 7.16. The molecule has 406 valence electrons. The molecule has 0 radical (unpaired) electrons. The Bertz CT molecular complexity index is 4300. The molecule has 84 heavy (non-hydrogen) atoms. The third kappa shape index (κ3) is 7.92. The molecule has 19 aromatic rings. The van der Waals surface area contributed by atoms with Gasteiger partial charge in [0, 0.05) is 127 Å². The van der Waals surface area contributed by atoms with Crippen LogP contribution < -0.4 is 9.47 Å². The summed E-state index contributed by atoms with van der Waals surface area (Å²) in [7, 11) is 0. The van der Waals surface area contributed by atoms with Gasteiger partial charge >= 0.3 is 0 Å². The van der Waals surface area contributed by atoms with E-state index < -0.39 is 0 Å². The molecule has 0 amide bonds. The first-order valence-corrected chi connectivity index (χ1v) is 35.7. The van der Waals surface area contributed by atoms with Crippen LogP contribution >= 0.6 is 90.7 Å². The summed E-state index contributed by atoms with van der Waals surface area (Å²) in [5.74, 6) is 1.92. The minimum Gasteiger partial charge on any atom is -0.492 e. The summed E-state index contributed by atoms with van der Waals surface area (Å²) in [4.78, 5) is 10.1. The van der Waals surface area contributed by atoms with E-state index in [4.69, 9.17) is 9.47 Å². The van der Waals surface area contributed by atoms with Gasteiger partial charge in [0.15, 0.2) is 0 Å². The molecular formula is C74H50O2S8. The van der Waals surface area contributed by atoms with Crippen molar-refractivity contribution in [2.24, 2.45) is 0 Å². The van der Waals surface area contributed by atoms with Gasteiger partial charge in [0.2, 0.25) is 0 Å². The average molecular weight is 1230 g/mol. The van der Waals surface area contributed by atoms with Crippen LogP contribution in [-0.2, 0) is 0 Å². The lowest BCUT2D eigenvalue weighted by Gasteiger charge is -2.29. The third-order valence-electron chi connectivity index (χ3n) is 17.0. The first-order valence-electron chi connectivity index (χ1n) is 28.7. The van der Waals surface area contributed by atoms with Crippen molar-refractivity contribution in [3.8, 4) is 95.0 Å².